The number of carbonyl (C=O) groups is 2. The molecule has 0 fully saturated rings. The first kappa shape index (κ1) is 15.5. The highest BCUT2D eigenvalue weighted by Crippen LogP contribution is 2.20. The summed E-state index contributed by atoms with van der Waals surface area (Å²) >= 11 is 0. The number of nitrogens with one attached hydrogen (secondary N) is 1. The Morgan fingerprint density at radius 1 is 1.18 bits per heavy atom. The maximum Gasteiger partial charge on any atom is 0.341 e. The van der Waals surface area contributed by atoms with Crippen molar-refractivity contribution < 1.29 is 19.1 Å². The lowest BCUT2D eigenvalue weighted by molar-refractivity contribution is 0.0526. The first-order valence-electron chi connectivity index (χ1n) is 6.73. The summed E-state index contributed by atoms with van der Waals surface area (Å²) in [5.74, 6) is -0.527. The van der Waals surface area contributed by atoms with Crippen LogP contribution in [-0.4, -0.2) is 30.6 Å². The molecule has 2 aromatic rings. The van der Waals surface area contributed by atoms with Crippen molar-refractivity contribution in [3.63, 3.8) is 0 Å². The van der Waals surface area contributed by atoms with Crippen LogP contribution in [0.4, 0.5) is 11.5 Å². The van der Waals surface area contributed by atoms with E-state index in [9.17, 15) is 9.59 Å². The van der Waals surface area contributed by atoms with Crippen molar-refractivity contribution in [1.82, 2.24) is 4.98 Å². The average Bonchev–Trinajstić information content (AvgIpc) is 2.55. The summed E-state index contributed by atoms with van der Waals surface area (Å²) in [4.78, 5) is 27.6. The van der Waals surface area contributed by atoms with E-state index in [1.165, 1.54) is 7.11 Å². The summed E-state index contributed by atoms with van der Waals surface area (Å²) in [6, 6.07) is 10.0. The summed E-state index contributed by atoms with van der Waals surface area (Å²) in [7, 11) is 1.32. The maximum absolute atomic E-state index is 11.9. The summed E-state index contributed by atoms with van der Waals surface area (Å²) < 4.78 is 9.67. The molecule has 0 bridgehead atoms. The Balaban J connectivity index is 2.28. The van der Waals surface area contributed by atoms with Crippen LogP contribution in [0.15, 0.2) is 42.6 Å². The molecule has 2 rings (SSSR count). The SMILES string of the molecule is CCOC(=O)c1cccnc1Nc1cccc(C(=O)OC)c1. The minimum atomic E-state index is -0.456. The number of aromatic nitrogens is 1. The van der Waals surface area contributed by atoms with Crippen molar-refractivity contribution in [3.05, 3.63) is 53.7 Å². The van der Waals surface area contributed by atoms with Gasteiger partial charge in [-0.1, -0.05) is 6.07 Å². The summed E-state index contributed by atoms with van der Waals surface area (Å²) in [5, 5.41) is 3.01. The monoisotopic (exact) mass is 300 g/mol. The number of carbonyl (C=O) groups excluding carboxylic acids is 2. The number of methoxy groups -OCH3 is 1. The minimum Gasteiger partial charge on any atom is -0.465 e. The minimum absolute atomic E-state index is 0.283. The Morgan fingerprint density at radius 3 is 2.73 bits per heavy atom. The quantitative estimate of drug-likeness (QED) is 0.856. The molecule has 1 aromatic carbocycles. The Bertz CT molecular complexity index is 685. The number of pyridine rings is 1. The van der Waals surface area contributed by atoms with Gasteiger partial charge < -0.3 is 14.8 Å². The van der Waals surface area contributed by atoms with Gasteiger partial charge in [0.1, 0.15) is 11.4 Å². The number of ether oxygens (including phenoxy) is 2. The molecule has 0 radical (unpaired) electrons. The van der Waals surface area contributed by atoms with Crippen LogP contribution in [0.3, 0.4) is 0 Å². The zero-order chi connectivity index (χ0) is 15.9. The number of hydrogen-bond acceptors (Lipinski definition) is 6. The molecule has 6 nitrogen and oxygen atoms in total. The highest BCUT2D eigenvalue weighted by atomic mass is 16.5. The van der Waals surface area contributed by atoms with Crippen LogP contribution < -0.4 is 5.32 Å². The van der Waals surface area contributed by atoms with Crippen molar-refractivity contribution >= 4 is 23.4 Å². The smallest absolute Gasteiger partial charge is 0.341 e. The zero-order valence-corrected chi connectivity index (χ0v) is 12.3. The van der Waals surface area contributed by atoms with Crippen LogP contribution in [0.1, 0.15) is 27.6 Å². The number of anilines is 2. The summed E-state index contributed by atoms with van der Waals surface area (Å²) in [6.45, 7) is 2.02. The van der Waals surface area contributed by atoms with Gasteiger partial charge in [-0.3, -0.25) is 0 Å². The van der Waals surface area contributed by atoms with Gasteiger partial charge in [0.15, 0.2) is 0 Å². The third-order valence-corrected chi connectivity index (χ3v) is 2.85. The zero-order valence-electron chi connectivity index (χ0n) is 12.3. The number of benzene rings is 1. The van der Waals surface area contributed by atoms with E-state index in [1.54, 1.807) is 49.5 Å². The molecule has 22 heavy (non-hydrogen) atoms. The molecule has 114 valence electrons. The third-order valence-electron chi connectivity index (χ3n) is 2.85. The first-order valence-corrected chi connectivity index (χ1v) is 6.73. The lowest BCUT2D eigenvalue weighted by atomic mass is 10.2. The van der Waals surface area contributed by atoms with Crippen molar-refractivity contribution in [2.45, 2.75) is 6.92 Å². The Labute approximate surface area is 128 Å². The number of rotatable bonds is 5. The second-order valence-corrected chi connectivity index (χ2v) is 4.32. The van der Waals surface area contributed by atoms with Gasteiger partial charge in [0.25, 0.3) is 0 Å². The van der Waals surface area contributed by atoms with Crippen molar-refractivity contribution in [2.75, 3.05) is 19.0 Å². The van der Waals surface area contributed by atoms with Gasteiger partial charge in [-0.2, -0.15) is 0 Å². The molecule has 0 aliphatic heterocycles. The molecule has 0 spiro atoms. The Hall–Kier alpha value is -2.89. The highest BCUT2D eigenvalue weighted by molar-refractivity contribution is 5.96. The highest BCUT2D eigenvalue weighted by Gasteiger charge is 2.14. The lowest BCUT2D eigenvalue weighted by Gasteiger charge is -2.10. The van der Waals surface area contributed by atoms with Crippen LogP contribution in [0, 0.1) is 0 Å². The van der Waals surface area contributed by atoms with Gasteiger partial charge in [-0.15, -0.1) is 0 Å². The normalized spacial score (nSPS) is 9.91. The van der Waals surface area contributed by atoms with Gasteiger partial charge in [0, 0.05) is 11.9 Å². The maximum atomic E-state index is 11.9. The molecule has 0 aliphatic rings. The van der Waals surface area contributed by atoms with Crippen LogP contribution in [-0.2, 0) is 9.47 Å². The molecule has 0 aliphatic carbocycles. The average molecular weight is 300 g/mol. The van der Waals surface area contributed by atoms with Crippen molar-refractivity contribution in [3.8, 4) is 0 Å². The second kappa shape index (κ2) is 7.21. The van der Waals surface area contributed by atoms with E-state index in [-0.39, 0.29) is 6.61 Å². The number of hydrogen-bond donors (Lipinski definition) is 1. The fourth-order valence-corrected chi connectivity index (χ4v) is 1.86. The summed E-state index contributed by atoms with van der Waals surface area (Å²) in [5.41, 5.74) is 1.35. The molecule has 0 amide bonds. The van der Waals surface area contributed by atoms with Crippen molar-refractivity contribution in [1.29, 1.82) is 0 Å². The van der Waals surface area contributed by atoms with E-state index in [1.807, 2.05) is 0 Å². The molecule has 0 saturated carbocycles. The first-order chi connectivity index (χ1) is 10.7. The molecule has 0 unspecified atom stereocenters. The van der Waals surface area contributed by atoms with Crippen molar-refractivity contribution in [2.24, 2.45) is 0 Å². The molecular formula is C16H16N2O4. The van der Waals surface area contributed by atoms with E-state index in [4.69, 9.17) is 4.74 Å². The number of esters is 2. The topological polar surface area (TPSA) is 77.5 Å². The predicted molar refractivity (Wildman–Crippen MR) is 81.3 cm³/mol. The largest absolute Gasteiger partial charge is 0.465 e. The lowest BCUT2D eigenvalue weighted by Crippen LogP contribution is -2.09. The Kier molecular flexibility index (Phi) is 5.08. The Morgan fingerprint density at radius 2 is 2.00 bits per heavy atom. The second-order valence-electron chi connectivity index (χ2n) is 4.32. The molecule has 1 heterocycles. The third kappa shape index (κ3) is 3.60. The van der Waals surface area contributed by atoms with Crippen LogP contribution in [0.25, 0.3) is 0 Å². The van der Waals surface area contributed by atoms with Gasteiger partial charge in [-0.05, 0) is 37.3 Å². The van der Waals surface area contributed by atoms with Gasteiger partial charge in [0.2, 0.25) is 0 Å². The standard InChI is InChI=1S/C16H16N2O4/c1-3-22-16(20)13-8-5-9-17-14(13)18-12-7-4-6-11(10-12)15(19)21-2/h4-10H,3H2,1-2H3,(H,17,18). The molecule has 0 atom stereocenters. The molecule has 1 aromatic heterocycles. The molecular weight excluding hydrogens is 284 g/mol. The fraction of sp³-hybridized carbons (Fsp3) is 0.188. The van der Waals surface area contributed by atoms with E-state index < -0.39 is 11.9 Å². The van der Waals surface area contributed by atoms with Crippen LogP contribution >= 0.6 is 0 Å². The van der Waals surface area contributed by atoms with Gasteiger partial charge in [0.05, 0.1) is 19.3 Å². The van der Waals surface area contributed by atoms with Gasteiger partial charge in [-0.25, -0.2) is 14.6 Å². The van der Waals surface area contributed by atoms with E-state index in [2.05, 4.69) is 15.0 Å². The fourth-order valence-electron chi connectivity index (χ4n) is 1.86. The molecule has 0 saturated heterocycles. The van der Waals surface area contributed by atoms with Crippen LogP contribution in [0.5, 0.6) is 0 Å². The molecule has 6 heteroatoms. The van der Waals surface area contributed by atoms with E-state index in [0.717, 1.165) is 0 Å². The predicted octanol–water partition coefficient (Wildman–Crippen LogP) is 2.79. The molecule has 1 N–H and O–H groups in total. The number of nitrogens with zero attached hydrogens (tertiary/aromatic N) is 1. The summed E-state index contributed by atoms with van der Waals surface area (Å²) in [6.07, 6.45) is 1.56. The van der Waals surface area contributed by atoms with E-state index in [0.29, 0.717) is 22.6 Å². The van der Waals surface area contributed by atoms with Crippen LogP contribution in [0.2, 0.25) is 0 Å². The van der Waals surface area contributed by atoms with Gasteiger partial charge >= 0.3 is 11.9 Å². The van der Waals surface area contributed by atoms with E-state index >= 15 is 0 Å².